The fourth-order valence-corrected chi connectivity index (χ4v) is 3.01. The Bertz CT molecular complexity index is 410. The SMILES string of the molecule is NCC1(c2ccc(CCC3(O)CC3)cc2)CCC1. The van der Waals surface area contributed by atoms with Gasteiger partial charge < -0.3 is 10.8 Å². The molecule has 0 bridgehead atoms. The van der Waals surface area contributed by atoms with Gasteiger partial charge in [0.2, 0.25) is 0 Å². The van der Waals surface area contributed by atoms with Crippen LogP contribution in [0.4, 0.5) is 0 Å². The second-order valence-electron chi connectivity index (χ2n) is 6.26. The molecule has 18 heavy (non-hydrogen) atoms. The van der Waals surface area contributed by atoms with Gasteiger partial charge in [-0.25, -0.2) is 0 Å². The topological polar surface area (TPSA) is 46.2 Å². The Hall–Kier alpha value is -0.860. The zero-order valence-electron chi connectivity index (χ0n) is 11.0. The number of hydrogen-bond acceptors (Lipinski definition) is 2. The van der Waals surface area contributed by atoms with Gasteiger partial charge in [0.25, 0.3) is 0 Å². The van der Waals surface area contributed by atoms with Gasteiger partial charge in [-0.05, 0) is 49.7 Å². The zero-order chi connectivity index (χ0) is 12.6. The largest absolute Gasteiger partial charge is 0.390 e. The Balaban J connectivity index is 1.65. The second-order valence-corrected chi connectivity index (χ2v) is 6.26. The Labute approximate surface area is 109 Å². The van der Waals surface area contributed by atoms with Crippen LogP contribution in [0.5, 0.6) is 0 Å². The van der Waals surface area contributed by atoms with E-state index < -0.39 is 0 Å². The van der Waals surface area contributed by atoms with Gasteiger partial charge in [-0.2, -0.15) is 0 Å². The minimum absolute atomic E-state index is 0.271. The molecule has 3 rings (SSSR count). The minimum atomic E-state index is -0.328. The van der Waals surface area contributed by atoms with E-state index in [2.05, 4.69) is 24.3 Å². The summed E-state index contributed by atoms with van der Waals surface area (Å²) in [6.45, 7) is 0.770. The van der Waals surface area contributed by atoms with E-state index in [0.717, 1.165) is 32.2 Å². The molecule has 98 valence electrons. The van der Waals surface area contributed by atoms with Crippen LogP contribution in [0, 0.1) is 0 Å². The van der Waals surface area contributed by atoms with Crippen molar-refractivity contribution in [3.05, 3.63) is 35.4 Å². The maximum Gasteiger partial charge on any atom is 0.0653 e. The molecule has 1 aromatic rings. The van der Waals surface area contributed by atoms with Crippen molar-refractivity contribution in [2.24, 2.45) is 5.73 Å². The molecule has 2 fully saturated rings. The van der Waals surface area contributed by atoms with Crippen LogP contribution in [0.15, 0.2) is 24.3 Å². The van der Waals surface area contributed by atoms with Crippen molar-refractivity contribution in [3.8, 4) is 0 Å². The van der Waals surface area contributed by atoms with Crippen LogP contribution in [0.25, 0.3) is 0 Å². The van der Waals surface area contributed by atoms with Gasteiger partial charge >= 0.3 is 0 Å². The molecule has 2 aliphatic carbocycles. The average molecular weight is 245 g/mol. The highest BCUT2D eigenvalue weighted by molar-refractivity contribution is 5.32. The van der Waals surface area contributed by atoms with Gasteiger partial charge in [0.15, 0.2) is 0 Å². The molecule has 0 amide bonds. The predicted molar refractivity (Wildman–Crippen MR) is 73.5 cm³/mol. The van der Waals surface area contributed by atoms with E-state index in [1.807, 2.05) is 0 Å². The maximum absolute atomic E-state index is 9.84. The lowest BCUT2D eigenvalue weighted by atomic mass is 9.64. The lowest BCUT2D eigenvalue weighted by Gasteiger charge is -2.41. The number of benzene rings is 1. The summed E-state index contributed by atoms with van der Waals surface area (Å²) >= 11 is 0. The molecule has 0 spiro atoms. The maximum atomic E-state index is 9.84. The van der Waals surface area contributed by atoms with Crippen LogP contribution in [0.3, 0.4) is 0 Å². The van der Waals surface area contributed by atoms with E-state index in [1.54, 1.807) is 0 Å². The molecule has 0 aliphatic heterocycles. The van der Waals surface area contributed by atoms with Crippen LogP contribution in [0.2, 0.25) is 0 Å². The number of hydrogen-bond donors (Lipinski definition) is 2. The zero-order valence-corrected chi connectivity index (χ0v) is 11.0. The lowest BCUT2D eigenvalue weighted by molar-refractivity contribution is 0.140. The molecule has 0 saturated heterocycles. The van der Waals surface area contributed by atoms with Crippen LogP contribution in [-0.2, 0) is 11.8 Å². The minimum Gasteiger partial charge on any atom is -0.390 e. The molecule has 2 saturated carbocycles. The molecule has 0 radical (unpaired) electrons. The van der Waals surface area contributed by atoms with Crippen molar-refractivity contribution >= 4 is 0 Å². The van der Waals surface area contributed by atoms with E-state index in [9.17, 15) is 5.11 Å². The third-order valence-corrected chi connectivity index (χ3v) is 4.97. The predicted octanol–water partition coefficient (Wildman–Crippen LogP) is 2.52. The normalized spacial score (nSPS) is 23.4. The first-order valence-corrected chi connectivity index (χ1v) is 7.18. The second kappa shape index (κ2) is 4.36. The van der Waals surface area contributed by atoms with Crippen LogP contribution in [0.1, 0.15) is 49.7 Å². The number of nitrogens with two attached hydrogens (primary N) is 1. The Morgan fingerprint density at radius 2 is 1.72 bits per heavy atom. The first-order valence-electron chi connectivity index (χ1n) is 7.18. The number of aliphatic hydroxyl groups is 1. The highest BCUT2D eigenvalue weighted by atomic mass is 16.3. The molecule has 2 aliphatic rings. The quantitative estimate of drug-likeness (QED) is 0.837. The van der Waals surface area contributed by atoms with Gasteiger partial charge in [-0.3, -0.25) is 0 Å². The van der Waals surface area contributed by atoms with Crippen molar-refractivity contribution in [1.29, 1.82) is 0 Å². The van der Waals surface area contributed by atoms with E-state index in [-0.39, 0.29) is 11.0 Å². The van der Waals surface area contributed by atoms with Crippen molar-refractivity contribution in [2.75, 3.05) is 6.54 Å². The molecule has 2 heteroatoms. The van der Waals surface area contributed by atoms with Gasteiger partial charge in [0, 0.05) is 12.0 Å². The first kappa shape index (κ1) is 12.2. The van der Waals surface area contributed by atoms with E-state index in [1.165, 1.54) is 30.4 Å². The summed E-state index contributed by atoms with van der Waals surface area (Å²) in [5, 5.41) is 9.84. The summed E-state index contributed by atoms with van der Waals surface area (Å²) in [6.07, 6.45) is 7.67. The standard InChI is InChI=1S/C16H23NO/c17-12-15(7-1-8-15)14-4-2-13(3-5-14)6-9-16(18)10-11-16/h2-5,18H,1,6-12,17H2. The van der Waals surface area contributed by atoms with E-state index >= 15 is 0 Å². The molecule has 2 nitrogen and oxygen atoms in total. The van der Waals surface area contributed by atoms with Crippen LogP contribution in [-0.4, -0.2) is 17.3 Å². The Morgan fingerprint density at radius 3 is 2.17 bits per heavy atom. The highest BCUT2D eigenvalue weighted by Crippen LogP contribution is 2.43. The Kier molecular flexibility index (Phi) is 2.95. The lowest BCUT2D eigenvalue weighted by Crippen LogP contribution is -2.41. The summed E-state index contributed by atoms with van der Waals surface area (Å²) in [4.78, 5) is 0. The van der Waals surface area contributed by atoms with Crippen molar-refractivity contribution in [2.45, 2.75) is 56.0 Å². The Morgan fingerprint density at radius 1 is 1.06 bits per heavy atom. The van der Waals surface area contributed by atoms with E-state index in [0.29, 0.717) is 0 Å². The molecule has 3 N–H and O–H groups in total. The van der Waals surface area contributed by atoms with Gasteiger partial charge in [0.05, 0.1) is 5.60 Å². The first-order chi connectivity index (χ1) is 8.66. The molecule has 0 aromatic heterocycles. The smallest absolute Gasteiger partial charge is 0.0653 e. The molecular weight excluding hydrogens is 222 g/mol. The van der Waals surface area contributed by atoms with Gasteiger partial charge in [-0.1, -0.05) is 30.7 Å². The van der Waals surface area contributed by atoms with Gasteiger partial charge in [0.1, 0.15) is 0 Å². The third kappa shape index (κ3) is 2.19. The summed E-state index contributed by atoms with van der Waals surface area (Å²) in [5.74, 6) is 0. The molecular formula is C16H23NO. The summed E-state index contributed by atoms with van der Waals surface area (Å²) in [7, 11) is 0. The van der Waals surface area contributed by atoms with Crippen molar-refractivity contribution < 1.29 is 5.11 Å². The fraction of sp³-hybridized carbons (Fsp3) is 0.625. The highest BCUT2D eigenvalue weighted by Gasteiger charge is 2.39. The van der Waals surface area contributed by atoms with Crippen LogP contribution >= 0.6 is 0 Å². The van der Waals surface area contributed by atoms with Crippen molar-refractivity contribution in [3.63, 3.8) is 0 Å². The summed E-state index contributed by atoms with van der Waals surface area (Å²) < 4.78 is 0. The number of aryl methyl sites for hydroxylation is 1. The van der Waals surface area contributed by atoms with E-state index in [4.69, 9.17) is 5.73 Å². The summed E-state index contributed by atoms with van der Waals surface area (Å²) in [5.41, 5.74) is 8.62. The molecule has 0 heterocycles. The molecule has 1 aromatic carbocycles. The van der Waals surface area contributed by atoms with Gasteiger partial charge in [-0.15, -0.1) is 0 Å². The molecule has 0 unspecified atom stereocenters. The molecule has 0 atom stereocenters. The monoisotopic (exact) mass is 245 g/mol. The third-order valence-electron chi connectivity index (χ3n) is 4.97. The fourth-order valence-electron chi connectivity index (χ4n) is 3.01. The van der Waals surface area contributed by atoms with Crippen molar-refractivity contribution in [1.82, 2.24) is 0 Å². The van der Waals surface area contributed by atoms with Crippen LogP contribution < -0.4 is 5.73 Å². The summed E-state index contributed by atoms with van der Waals surface area (Å²) in [6, 6.07) is 8.93. The number of rotatable bonds is 5. The average Bonchev–Trinajstić information content (AvgIpc) is 3.06.